The van der Waals surface area contributed by atoms with E-state index in [9.17, 15) is 0 Å². The summed E-state index contributed by atoms with van der Waals surface area (Å²) in [5.74, 6) is 0.900. The second-order valence-electron chi connectivity index (χ2n) is 3.44. The standard InChI is InChI=1S/C12H17NO/c1-13(2)9-5-7-11-6-4-8-12(10-11)14-3/h4-8,10H,9H2,1-3H3. The third-order valence-electron chi connectivity index (χ3n) is 1.87. The van der Waals surface area contributed by atoms with Gasteiger partial charge >= 0.3 is 0 Å². The summed E-state index contributed by atoms with van der Waals surface area (Å²) in [6.45, 7) is 0.956. The molecule has 0 fully saturated rings. The van der Waals surface area contributed by atoms with Gasteiger partial charge in [-0.15, -0.1) is 0 Å². The average molecular weight is 191 g/mol. The third-order valence-corrected chi connectivity index (χ3v) is 1.87. The Morgan fingerprint density at radius 2 is 2.14 bits per heavy atom. The molecule has 0 amide bonds. The summed E-state index contributed by atoms with van der Waals surface area (Å²) in [6, 6.07) is 8.03. The van der Waals surface area contributed by atoms with Crippen molar-refractivity contribution in [3.63, 3.8) is 0 Å². The van der Waals surface area contributed by atoms with E-state index in [1.54, 1.807) is 7.11 Å². The van der Waals surface area contributed by atoms with Gasteiger partial charge in [-0.25, -0.2) is 0 Å². The van der Waals surface area contributed by atoms with E-state index in [1.165, 1.54) is 5.56 Å². The van der Waals surface area contributed by atoms with Gasteiger partial charge in [-0.05, 0) is 31.8 Å². The molecule has 0 aromatic heterocycles. The monoisotopic (exact) mass is 191 g/mol. The highest BCUT2D eigenvalue weighted by molar-refractivity contribution is 5.51. The zero-order chi connectivity index (χ0) is 10.4. The van der Waals surface area contributed by atoms with E-state index >= 15 is 0 Å². The molecule has 0 radical (unpaired) electrons. The fraction of sp³-hybridized carbons (Fsp3) is 0.333. The topological polar surface area (TPSA) is 12.5 Å². The molecule has 0 spiro atoms. The molecule has 0 unspecified atom stereocenters. The molecule has 0 N–H and O–H groups in total. The minimum atomic E-state index is 0.900. The predicted octanol–water partition coefficient (Wildman–Crippen LogP) is 2.27. The molecule has 1 aromatic rings. The Bertz CT molecular complexity index is 305. The maximum Gasteiger partial charge on any atom is 0.119 e. The summed E-state index contributed by atoms with van der Waals surface area (Å²) in [5, 5.41) is 0. The van der Waals surface area contributed by atoms with E-state index in [-0.39, 0.29) is 0 Å². The Balaban J connectivity index is 2.62. The molecule has 0 atom stereocenters. The lowest BCUT2D eigenvalue weighted by atomic mass is 10.2. The molecule has 0 aliphatic carbocycles. The smallest absolute Gasteiger partial charge is 0.119 e. The quantitative estimate of drug-likeness (QED) is 0.724. The molecule has 0 saturated heterocycles. The lowest BCUT2D eigenvalue weighted by Gasteiger charge is -2.04. The number of nitrogens with zero attached hydrogens (tertiary/aromatic N) is 1. The van der Waals surface area contributed by atoms with Gasteiger partial charge in [0.05, 0.1) is 7.11 Å². The van der Waals surface area contributed by atoms with Gasteiger partial charge in [-0.1, -0.05) is 24.3 Å². The van der Waals surface area contributed by atoms with E-state index < -0.39 is 0 Å². The number of ether oxygens (including phenoxy) is 1. The summed E-state index contributed by atoms with van der Waals surface area (Å²) in [6.07, 6.45) is 4.23. The van der Waals surface area contributed by atoms with Crippen molar-refractivity contribution in [2.75, 3.05) is 27.7 Å². The van der Waals surface area contributed by atoms with E-state index in [1.807, 2.05) is 18.2 Å². The van der Waals surface area contributed by atoms with Crippen molar-refractivity contribution in [2.45, 2.75) is 0 Å². The highest BCUT2D eigenvalue weighted by atomic mass is 16.5. The molecule has 0 bridgehead atoms. The van der Waals surface area contributed by atoms with Gasteiger partial charge in [0, 0.05) is 6.54 Å². The maximum atomic E-state index is 5.14. The zero-order valence-corrected chi connectivity index (χ0v) is 9.03. The Kier molecular flexibility index (Phi) is 4.20. The molecular formula is C12H17NO. The van der Waals surface area contributed by atoms with Crippen LogP contribution in [-0.4, -0.2) is 32.6 Å². The Morgan fingerprint density at radius 1 is 1.36 bits per heavy atom. The first-order valence-corrected chi connectivity index (χ1v) is 4.67. The van der Waals surface area contributed by atoms with Gasteiger partial charge in [-0.3, -0.25) is 0 Å². The zero-order valence-electron chi connectivity index (χ0n) is 9.03. The number of benzene rings is 1. The molecule has 0 aliphatic rings. The maximum absolute atomic E-state index is 5.14. The summed E-state index contributed by atoms with van der Waals surface area (Å²) >= 11 is 0. The fourth-order valence-corrected chi connectivity index (χ4v) is 1.14. The fourth-order valence-electron chi connectivity index (χ4n) is 1.14. The highest BCUT2D eigenvalue weighted by Gasteiger charge is 1.91. The van der Waals surface area contributed by atoms with Crippen LogP contribution >= 0.6 is 0 Å². The first-order valence-electron chi connectivity index (χ1n) is 4.67. The van der Waals surface area contributed by atoms with E-state index in [2.05, 4.69) is 37.2 Å². The minimum Gasteiger partial charge on any atom is -0.497 e. The van der Waals surface area contributed by atoms with Crippen molar-refractivity contribution >= 4 is 6.08 Å². The van der Waals surface area contributed by atoms with Crippen LogP contribution in [0.15, 0.2) is 30.3 Å². The summed E-state index contributed by atoms with van der Waals surface area (Å²) in [5.41, 5.74) is 1.17. The van der Waals surface area contributed by atoms with Crippen molar-refractivity contribution < 1.29 is 4.74 Å². The molecule has 1 rings (SSSR count). The third kappa shape index (κ3) is 3.62. The number of hydrogen-bond acceptors (Lipinski definition) is 2. The number of hydrogen-bond donors (Lipinski definition) is 0. The number of rotatable bonds is 4. The van der Waals surface area contributed by atoms with E-state index in [0.29, 0.717) is 0 Å². The largest absolute Gasteiger partial charge is 0.497 e. The molecule has 0 saturated carbocycles. The lowest BCUT2D eigenvalue weighted by molar-refractivity contribution is 0.414. The highest BCUT2D eigenvalue weighted by Crippen LogP contribution is 2.13. The van der Waals surface area contributed by atoms with Crippen LogP contribution in [0.2, 0.25) is 0 Å². The molecule has 0 heterocycles. The Morgan fingerprint density at radius 3 is 2.79 bits per heavy atom. The Labute approximate surface area is 85.8 Å². The van der Waals surface area contributed by atoms with E-state index in [0.717, 1.165) is 12.3 Å². The predicted molar refractivity (Wildman–Crippen MR) is 60.6 cm³/mol. The SMILES string of the molecule is COc1cccc(C=CCN(C)C)c1. The van der Waals surface area contributed by atoms with Crippen LogP contribution in [0, 0.1) is 0 Å². The number of methoxy groups -OCH3 is 1. The second-order valence-corrected chi connectivity index (χ2v) is 3.44. The Hall–Kier alpha value is -1.28. The minimum absolute atomic E-state index is 0.900. The normalized spacial score (nSPS) is 11.1. The van der Waals surface area contributed by atoms with Crippen LogP contribution in [0.5, 0.6) is 5.75 Å². The first-order chi connectivity index (χ1) is 6.72. The van der Waals surface area contributed by atoms with Crippen LogP contribution in [0.25, 0.3) is 6.08 Å². The van der Waals surface area contributed by atoms with Gasteiger partial charge in [0.25, 0.3) is 0 Å². The van der Waals surface area contributed by atoms with Crippen LogP contribution in [0.1, 0.15) is 5.56 Å². The first kappa shape index (κ1) is 10.8. The van der Waals surface area contributed by atoms with Gasteiger partial charge in [-0.2, -0.15) is 0 Å². The summed E-state index contributed by atoms with van der Waals surface area (Å²) < 4.78 is 5.14. The van der Waals surface area contributed by atoms with Crippen molar-refractivity contribution in [1.29, 1.82) is 0 Å². The molecule has 0 aliphatic heterocycles. The van der Waals surface area contributed by atoms with Crippen molar-refractivity contribution in [3.05, 3.63) is 35.9 Å². The molecule has 2 nitrogen and oxygen atoms in total. The van der Waals surface area contributed by atoms with Crippen molar-refractivity contribution in [1.82, 2.24) is 4.90 Å². The van der Waals surface area contributed by atoms with Crippen LogP contribution in [0.3, 0.4) is 0 Å². The van der Waals surface area contributed by atoms with Gasteiger partial charge < -0.3 is 9.64 Å². The lowest BCUT2D eigenvalue weighted by Crippen LogP contribution is -2.10. The molecular weight excluding hydrogens is 174 g/mol. The molecule has 2 heteroatoms. The van der Waals surface area contributed by atoms with Crippen molar-refractivity contribution in [2.24, 2.45) is 0 Å². The summed E-state index contributed by atoms with van der Waals surface area (Å²) in [7, 11) is 5.79. The van der Waals surface area contributed by atoms with Gasteiger partial charge in [0.2, 0.25) is 0 Å². The molecule has 14 heavy (non-hydrogen) atoms. The average Bonchev–Trinajstić information content (AvgIpc) is 2.18. The van der Waals surface area contributed by atoms with Crippen LogP contribution in [0.4, 0.5) is 0 Å². The van der Waals surface area contributed by atoms with E-state index in [4.69, 9.17) is 4.74 Å². The van der Waals surface area contributed by atoms with Gasteiger partial charge in [0.15, 0.2) is 0 Å². The second kappa shape index (κ2) is 5.45. The molecule has 76 valence electrons. The van der Waals surface area contributed by atoms with Gasteiger partial charge in [0.1, 0.15) is 5.75 Å². The van der Waals surface area contributed by atoms with Crippen molar-refractivity contribution in [3.8, 4) is 5.75 Å². The van der Waals surface area contributed by atoms with Crippen LogP contribution < -0.4 is 4.74 Å². The van der Waals surface area contributed by atoms with Crippen LogP contribution in [-0.2, 0) is 0 Å². The molecule has 1 aromatic carbocycles. The number of likely N-dealkylation sites (N-methyl/N-ethyl adjacent to an activating group) is 1. The summed E-state index contributed by atoms with van der Waals surface area (Å²) in [4.78, 5) is 2.12.